The van der Waals surface area contributed by atoms with Crippen LogP contribution in [0.5, 0.6) is 0 Å². The van der Waals surface area contributed by atoms with Gasteiger partial charge in [0.15, 0.2) is 22.1 Å². The molecule has 2 aromatic heterocycles. The molecule has 11 nitrogen and oxygen atoms in total. The molecule has 12 N–H and O–H groups in total. The van der Waals surface area contributed by atoms with Crippen LogP contribution >= 0.6 is 0 Å². The third-order valence-electron chi connectivity index (χ3n) is 6.48. The number of benzene rings is 4. The Kier molecular flexibility index (Phi) is 13.5. The van der Waals surface area contributed by atoms with Crippen molar-refractivity contribution < 1.29 is 60.8 Å². The van der Waals surface area contributed by atoms with Gasteiger partial charge in [-0.05, 0) is 47.5 Å². The average molecular weight is 628 g/mol. The van der Waals surface area contributed by atoms with Gasteiger partial charge in [0.25, 0.3) is 23.5 Å². The number of hydrogen-bond donors (Lipinski definition) is 4. The average Bonchev–Trinajstić information content (AvgIpc) is 3.58. The Morgan fingerprint density at radius 2 is 0.884 bits per heavy atom. The third-order valence-corrected chi connectivity index (χ3v) is 6.48. The molecule has 0 saturated carbocycles. The lowest BCUT2D eigenvalue weighted by molar-refractivity contribution is -0.358. The minimum Gasteiger partial charge on any atom is -1.00 e. The first-order valence-electron chi connectivity index (χ1n) is 12.4. The maximum Gasteiger partial charge on any atom is 0.272 e. The number of H-pyrrole nitrogens is 4. The standard InChI is InChI=1S/C30H24N6O2.2ClH.3H2O/c37-29(31-17-27-33-23-13-5-6-14-24(23)34-27)21-11-3-1-9-19(21)20-10-2-4-12-22(20)30(38)32-18-28-35-25-15-7-8-16-26(25)36-28;;;;;/h1-16H,17-18H2,(H,31,37)(H,32,38)(H,33,34)(H,35,36);2*1H;3*1H2. The van der Waals surface area contributed by atoms with Gasteiger partial charge in [-0.2, -0.15) is 0 Å². The largest absolute Gasteiger partial charge is 1.00 e. The summed E-state index contributed by atoms with van der Waals surface area (Å²) in [7, 11) is 0. The number of fused-ring (bicyclic) bond motifs is 2. The maximum atomic E-state index is 13.3. The van der Waals surface area contributed by atoms with E-state index in [9.17, 15) is 9.59 Å². The summed E-state index contributed by atoms with van der Waals surface area (Å²) in [5, 5.41) is 5.97. The minimum atomic E-state index is -0.226. The van der Waals surface area contributed by atoms with Crippen LogP contribution in [0.2, 0.25) is 0 Å². The molecular weight excluding hydrogens is 595 g/mol. The van der Waals surface area contributed by atoms with Gasteiger partial charge in [0, 0.05) is 11.1 Å². The SMILES string of the molecule is O.O.O.O=C(NCc1[nH]c2ccccc2[nH+]1)c1ccccc1-c1ccccc1C(=O)NCc1[nH]c2ccccc2[nH+]1.[Cl-].[Cl-]. The van der Waals surface area contributed by atoms with Gasteiger partial charge in [-0.3, -0.25) is 9.59 Å². The highest BCUT2D eigenvalue weighted by Gasteiger charge is 2.20. The van der Waals surface area contributed by atoms with Crippen molar-refractivity contribution in [2.24, 2.45) is 0 Å². The van der Waals surface area contributed by atoms with Crippen LogP contribution in [0.4, 0.5) is 0 Å². The van der Waals surface area contributed by atoms with E-state index >= 15 is 0 Å². The van der Waals surface area contributed by atoms with Crippen molar-refractivity contribution in [1.29, 1.82) is 0 Å². The van der Waals surface area contributed by atoms with Crippen molar-refractivity contribution in [3.63, 3.8) is 0 Å². The maximum absolute atomic E-state index is 13.3. The number of aromatic amines is 4. The zero-order valence-corrected chi connectivity index (χ0v) is 24.2. The number of rotatable bonds is 7. The first-order valence-corrected chi connectivity index (χ1v) is 12.4. The van der Waals surface area contributed by atoms with Gasteiger partial charge >= 0.3 is 0 Å². The Labute approximate surface area is 258 Å². The molecule has 0 saturated heterocycles. The second kappa shape index (κ2) is 16.0. The number of imidazole rings is 2. The van der Waals surface area contributed by atoms with E-state index in [-0.39, 0.29) is 53.1 Å². The summed E-state index contributed by atoms with van der Waals surface area (Å²) in [6.45, 7) is 0.621. The molecule has 0 unspecified atom stereocenters. The number of amides is 2. The fourth-order valence-electron chi connectivity index (χ4n) is 4.65. The first kappa shape index (κ1) is 36.2. The van der Waals surface area contributed by atoms with E-state index in [0.717, 1.165) is 33.7 Å². The Bertz CT molecular complexity index is 1610. The molecule has 0 fully saturated rings. The molecular formula is C30H32Cl2N6O5. The van der Waals surface area contributed by atoms with Gasteiger partial charge in [0.05, 0.1) is 0 Å². The molecule has 0 radical (unpaired) electrons. The van der Waals surface area contributed by atoms with Crippen LogP contribution in [0.15, 0.2) is 97.1 Å². The van der Waals surface area contributed by atoms with Crippen LogP contribution in [0.1, 0.15) is 32.4 Å². The van der Waals surface area contributed by atoms with Crippen molar-refractivity contribution in [2.75, 3.05) is 0 Å². The number of aromatic nitrogens is 4. The van der Waals surface area contributed by atoms with Crippen molar-refractivity contribution >= 4 is 33.9 Å². The molecule has 2 amide bonds. The quantitative estimate of drug-likeness (QED) is 0.138. The molecule has 0 aliphatic heterocycles. The van der Waals surface area contributed by atoms with Crippen molar-refractivity contribution in [3.8, 4) is 11.1 Å². The first-order chi connectivity index (χ1) is 18.7. The zero-order valence-electron chi connectivity index (χ0n) is 22.7. The number of nitrogens with one attached hydrogen (secondary N) is 6. The number of para-hydroxylation sites is 4. The topological polar surface area (TPSA) is 213 Å². The predicted molar refractivity (Wildman–Crippen MR) is 155 cm³/mol. The van der Waals surface area contributed by atoms with Crippen LogP contribution in [0.25, 0.3) is 33.2 Å². The summed E-state index contributed by atoms with van der Waals surface area (Å²) in [4.78, 5) is 39.6. The van der Waals surface area contributed by atoms with Gasteiger partial charge in [-0.25, -0.2) is 19.9 Å². The normalized spacial score (nSPS) is 9.77. The molecule has 0 aliphatic carbocycles. The molecule has 226 valence electrons. The molecule has 2 heterocycles. The molecule has 6 rings (SSSR count). The number of carbonyl (C=O) groups is 2. The van der Waals surface area contributed by atoms with Gasteiger partial charge in [0.2, 0.25) is 0 Å². The highest BCUT2D eigenvalue weighted by Crippen LogP contribution is 2.27. The Morgan fingerprint density at radius 1 is 0.535 bits per heavy atom. The fourth-order valence-corrected chi connectivity index (χ4v) is 4.65. The summed E-state index contributed by atoms with van der Waals surface area (Å²) in [5.74, 6) is 1.14. The summed E-state index contributed by atoms with van der Waals surface area (Å²) in [6, 6.07) is 30.4. The molecule has 0 spiro atoms. The highest BCUT2D eigenvalue weighted by molar-refractivity contribution is 6.06. The minimum absolute atomic E-state index is 0. The van der Waals surface area contributed by atoms with E-state index < -0.39 is 0 Å². The summed E-state index contributed by atoms with van der Waals surface area (Å²) in [6.07, 6.45) is 0. The fraction of sp³-hybridized carbons (Fsp3) is 0.0667. The summed E-state index contributed by atoms with van der Waals surface area (Å²) >= 11 is 0. The van der Waals surface area contributed by atoms with Crippen molar-refractivity contribution in [3.05, 3.63) is 120 Å². The van der Waals surface area contributed by atoms with Gasteiger partial charge < -0.3 is 51.9 Å². The van der Waals surface area contributed by atoms with Crippen LogP contribution < -0.4 is 45.4 Å². The van der Waals surface area contributed by atoms with E-state index in [1.54, 1.807) is 12.1 Å². The Hall–Kier alpha value is -4.78. The van der Waals surface area contributed by atoms with E-state index in [0.29, 0.717) is 35.3 Å². The van der Waals surface area contributed by atoms with Gasteiger partial charge in [-0.15, -0.1) is 0 Å². The Balaban J connectivity index is 0.00000185. The van der Waals surface area contributed by atoms with Gasteiger partial charge in [-0.1, -0.05) is 60.7 Å². The van der Waals surface area contributed by atoms with E-state index in [2.05, 4.69) is 30.6 Å². The van der Waals surface area contributed by atoms with E-state index in [1.165, 1.54) is 0 Å². The predicted octanol–water partition coefficient (Wildman–Crippen LogP) is -4.66. The molecule has 0 aliphatic rings. The van der Waals surface area contributed by atoms with Crippen LogP contribution in [-0.4, -0.2) is 38.2 Å². The molecule has 13 heteroatoms. The lowest BCUT2D eigenvalue weighted by Crippen LogP contribution is -3.00. The summed E-state index contributed by atoms with van der Waals surface area (Å²) < 4.78 is 0. The number of halogens is 2. The van der Waals surface area contributed by atoms with Crippen LogP contribution in [0, 0.1) is 0 Å². The molecule has 0 atom stereocenters. The summed E-state index contributed by atoms with van der Waals surface area (Å²) in [5.41, 5.74) is 6.26. The number of carbonyl (C=O) groups excluding carboxylic acids is 2. The lowest BCUT2D eigenvalue weighted by Gasteiger charge is -2.13. The number of hydrogen-bond acceptors (Lipinski definition) is 2. The van der Waals surface area contributed by atoms with Crippen molar-refractivity contribution in [2.45, 2.75) is 13.1 Å². The molecule has 43 heavy (non-hydrogen) atoms. The second-order valence-electron chi connectivity index (χ2n) is 9.00. The van der Waals surface area contributed by atoms with Crippen LogP contribution in [-0.2, 0) is 13.1 Å². The second-order valence-corrected chi connectivity index (χ2v) is 9.00. The van der Waals surface area contributed by atoms with E-state index in [1.807, 2.05) is 84.9 Å². The smallest absolute Gasteiger partial charge is 0.272 e. The monoisotopic (exact) mass is 626 g/mol. The lowest BCUT2D eigenvalue weighted by atomic mass is 9.94. The molecule has 4 aromatic carbocycles. The zero-order chi connectivity index (χ0) is 25.9. The Morgan fingerprint density at radius 3 is 1.28 bits per heavy atom. The van der Waals surface area contributed by atoms with Crippen LogP contribution in [0.3, 0.4) is 0 Å². The third kappa shape index (κ3) is 7.74. The molecule has 6 aromatic rings. The van der Waals surface area contributed by atoms with Gasteiger partial charge in [0.1, 0.15) is 13.1 Å². The highest BCUT2D eigenvalue weighted by atomic mass is 35.5. The van der Waals surface area contributed by atoms with Crippen molar-refractivity contribution in [1.82, 2.24) is 20.6 Å². The van der Waals surface area contributed by atoms with E-state index in [4.69, 9.17) is 0 Å². The molecule has 0 bridgehead atoms.